The smallest absolute Gasteiger partial charge is 0.274 e. The first kappa shape index (κ1) is 20.7. The average Bonchev–Trinajstić information content (AvgIpc) is 2.97. The number of hydrogen-bond acceptors (Lipinski definition) is 3. The highest BCUT2D eigenvalue weighted by molar-refractivity contribution is 6.31. The van der Waals surface area contributed by atoms with Gasteiger partial charge in [0.2, 0.25) is 0 Å². The average molecular weight is 397 g/mol. The molecule has 2 heterocycles. The fourth-order valence-electron chi connectivity index (χ4n) is 3.38. The summed E-state index contributed by atoms with van der Waals surface area (Å²) in [7, 11) is 0. The van der Waals surface area contributed by atoms with E-state index in [4.69, 9.17) is 11.6 Å². The molecule has 0 radical (unpaired) electrons. The molecule has 0 bridgehead atoms. The summed E-state index contributed by atoms with van der Waals surface area (Å²) in [6.07, 6.45) is 0. The molecule has 26 heavy (non-hydrogen) atoms. The number of aryl methyl sites for hydroxylation is 1. The molecule has 5 nitrogen and oxygen atoms in total. The van der Waals surface area contributed by atoms with E-state index in [0.29, 0.717) is 23.8 Å². The van der Waals surface area contributed by atoms with Gasteiger partial charge in [-0.05, 0) is 45.4 Å². The van der Waals surface area contributed by atoms with Gasteiger partial charge in [-0.2, -0.15) is 5.10 Å². The monoisotopic (exact) mass is 396 g/mol. The highest BCUT2D eigenvalue weighted by Crippen LogP contribution is 2.29. The maximum absolute atomic E-state index is 13.2. The lowest BCUT2D eigenvalue weighted by atomic mass is 10.0. The Morgan fingerprint density at radius 2 is 2.00 bits per heavy atom. The highest BCUT2D eigenvalue weighted by atomic mass is 35.5. The summed E-state index contributed by atoms with van der Waals surface area (Å²) < 4.78 is 1.91. The first-order chi connectivity index (χ1) is 11.8. The largest absolute Gasteiger partial charge is 0.328 e. The second kappa shape index (κ2) is 7.99. The molecule has 1 atom stereocenters. The lowest BCUT2D eigenvalue weighted by molar-refractivity contribution is 0.0626. The summed E-state index contributed by atoms with van der Waals surface area (Å²) in [5.74, 6) is -0.0440. The molecular weight excluding hydrogens is 371 g/mol. The topological polar surface area (TPSA) is 50.2 Å². The third-order valence-electron chi connectivity index (χ3n) is 4.51. The molecule has 1 aromatic heterocycles. The van der Waals surface area contributed by atoms with Crippen molar-refractivity contribution in [2.24, 2.45) is 0 Å². The minimum Gasteiger partial charge on any atom is -0.328 e. The van der Waals surface area contributed by atoms with E-state index in [-0.39, 0.29) is 29.9 Å². The Bertz CT molecular complexity index is 782. The van der Waals surface area contributed by atoms with Crippen molar-refractivity contribution >= 4 is 29.9 Å². The molecular formula is C19H26Cl2N4O. The summed E-state index contributed by atoms with van der Waals surface area (Å²) in [6.45, 7) is 10.3. The fourth-order valence-corrected chi connectivity index (χ4v) is 3.64. The summed E-state index contributed by atoms with van der Waals surface area (Å²) in [6, 6.07) is 9.50. The number of carbonyl (C=O) groups excluding carboxylic acids is 1. The number of carbonyl (C=O) groups is 1. The SMILES string of the molecule is Cc1cc(C(=O)N2CCNCC2c2ccccc2Cl)nn1C(C)(C)C.Cl. The summed E-state index contributed by atoms with van der Waals surface area (Å²) in [4.78, 5) is 15.0. The lowest BCUT2D eigenvalue weighted by Gasteiger charge is -2.36. The van der Waals surface area contributed by atoms with Gasteiger partial charge >= 0.3 is 0 Å². The Kier molecular flexibility index (Phi) is 6.37. The van der Waals surface area contributed by atoms with Crippen molar-refractivity contribution in [3.05, 3.63) is 52.3 Å². The van der Waals surface area contributed by atoms with Crippen LogP contribution in [0.2, 0.25) is 5.02 Å². The van der Waals surface area contributed by atoms with Crippen molar-refractivity contribution in [2.45, 2.75) is 39.3 Å². The Labute approximate surface area is 166 Å². The van der Waals surface area contributed by atoms with E-state index in [1.807, 2.05) is 46.8 Å². The third-order valence-corrected chi connectivity index (χ3v) is 4.85. The van der Waals surface area contributed by atoms with Crippen LogP contribution in [0.1, 0.15) is 48.6 Å². The van der Waals surface area contributed by atoms with Gasteiger partial charge in [-0.15, -0.1) is 12.4 Å². The van der Waals surface area contributed by atoms with Crippen molar-refractivity contribution in [2.75, 3.05) is 19.6 Å². The molecule has 0 spiro atoms. The molecule has 2 aromatic rings. The number of nitrogens with one attached hydrogen (secondary N) is 1. The summed E-state index contributed by atoms with van der Waals surface area (Å²) in [5, 5.41) is 8.62. The first-order valence-electron chi connectivity index (χ1n) is 8.62. The van der Waals surface area contributed by atoms with Crippen molar-refractivity contribution in [3.63, 3.8) is 0 Å². The van der Waals surface area contributed by atoms with Crippen molar-refractivity contribution < 1.29 is 4.79 Å². The Morgan fingerprint density at radius 1 is 1.31 bits per heavy atom. The number of benzene rings is 1. The zero-order chi connectivity index (χ0) is 18.2. The van der Waals surface area contributed by atoms with Crippen LogP contribution in [0, 0.1) is 6.92 Å². The molecule has 1 saturated heterocycles. The van der Waals surface area contributed by atoms with E-state index in [0.717, 1.165) is 17.8 Å². The van der Waals surface area contributed by atoms with Gasteiger partial charge in [0, 0.05) is 30.4 Å². The molecule has 1 aliphatic rings. The molecule has 0 saturated carbocycles. The van der Waals surface area contributed by atoms with Crippen LogP contribution in [0.3, 0.4) is 0 Å². The Balaban J connectivity index is 0.00000243. The van der Waals surface area contributed by atoms with E-state index in [9.17, 15) is 4.79 Å². The van der Waals surface area contributed by atoms with Gasteiger partial charge in [-0.3, -0.25) is 9.48 Å². The first-order valence-corrected chi connectivity index (χ1v) is 9.00. The molecule has 7 heteroatoms. The highest BCUT2D eigenvalue weighted by Gasteiger charge is 2.32. The maximum atomic E-state index is 13.2. The van der Waals surface area contributed by atoms with Gasteiger partial charge in [0.05, 0.1) is 11.6 Å². The van der Waals surface area contributed by atoms with Gasteiger partial charge in [0.1, 0.15) is 0 Å². The van der Waals surface area contributed by atoms with Crippen LogP contribution < -0.4 is 5.32 Å². The molecule has 1 unspecified atom stereocenters. The minimum absolute atomic E-state index is 0. The maximum Gasteiger partial charge on any atom is 0.274 e. The van der Waals surface area contributed by atoms with E-state index in [1.54, 1.807) is 0 Å². The number of halogens is 2. The second-order valence-corrected chi connectivity index (χ2v) is 7.90. The molecule has 142 valence electrons. The van der Waals surface area contributed by atoms with Crippen LogP contribution in [-0.4, -0.2) is 40.2 Å². The molecule has 1 aliphatic heterocycles. The van der Waals surface area contributed by atoms with Gasteiger partial charge in [-0.25, -0.2) is 0 Å². The van der Waals surface area contributed by atoms with Gasteiger partial charge < -0.3 is 10.2 Å². The normalized spacial score (nSPS) is 17.7. The molecule has 1 aromatic carbocycles. The standard InChI is InChI=1S/C19H25ClN4O.ClH/c1-13-11-16(22-24(13)19(2,3)4)18(25)23-10-9-21-12-17(23)14-7-5-6-8-15(14)20;/h5-8,11,17,21H,9-10,12H2,1-4H3;1H. The summed E-state index contributed by atoms with van der Waals surface area (Å²) in [5.41, 5.74) is 2.29. The van der Waals surface area contributed by atoms with Crippen LogP contribution in [0.25, 0.3) is 0 Å². The van der Waals surface area contributed by atoms with Crippen LogP contribution in [-0.2, 0) is 5.54 Å². The number of rotatable bonds is 2. The van der Waals surface area contributed by atoms with Crippen molar-refractivity contribution in [1.82, 2.24) is 20.0 Å². The van der Waals surface area contributed by atoms with Crippen LogP contribution in [0.15, 0.2) is 30.3 Å². The number of nitrogens with zero attached hydrogens (tertiary/aromatic N) is 3. The number of hydrogen-bond donors (Lipinski definition) is 1. The van der Waals surface area contributed by atoms with E-state index < -0.39 is 0 Å². The number of piperazine rings is 1. The third kappa shape index (κ3) is 4.05. The molecule has 1 N–H and O–H groups in total. The van der Waals surface area contributed by atoms with E-state index in [1.165, 1.54) is 0 Å². The predicted molar refractivity (Wildman–Crippen MR) is 107 cm³/mol. The van der Waals surface area contributed by atoms with Crippen LogP contribution in [0.4, 0.5) is 0 Å². The predicted octanol–water partition coefficient (Wildman–Crippen LogP) is 3.81. The minimum atomic E-state index is -0.159. The zero-order valence-electron chi connectivity index (χ0n) is 15.6. The number of aromatic nitrogens is 2. The lowest BCUT2D eigenvalue weighted by Crippen LogP contribution is -2.49. The van der Waals surface area contributed by atoms with Crippen LogP contribution in [0.5, 0.6) is 0 Å². The molecule has 1 fully saturated rings. The van der Waals surface area contributed by atoms with Crippen molar-refractivity contribution in [3.8, 4) is 0 Å². The van der Waals surface area contributed by atoms with E-state index >= 15 is 0 Å². The summed E-state index contributed by atoms with van der Waals surface area (Å²) >= 11 is 6.38. The van der Waals surface area contributed by atoms with E-state index in [2.05, 4.69) is 31.2 Å². The van der Waals surface area contributed by atoms with Crippen molar-refractivity contribution in [1.29, 1.82) is 0 Å². The Morgan fingerprint density at radius 3 is 2.62 bits per heavy atom. The second-order valence-electron chi connectivity index (χ2n) is 7.49. The zero-order valence-corrected chi connectivity index (χ0v) is 17.2. The Hall–Kier alpha value is -1.56. The van der Waals surface area contributed by atoms with Gasteiger partial charge in [0.15, 0.2) is 5.69 Å². The number of amides is 1. The van der Waals surface area contributed by atoms with Gasteiger partial charge in [-0.1, -0.05) is 29.8 Å². The quantitative estimate of drug-likeness (QED) is 0.839. The molecule has 0 aliphatic carbocycles. The van der Waals surface area contributed by atoms with Gasteiger partial charge in [0.25, 0.3) is 5.91 Å². The fraction of sp³-hybridized carbons (Fsp3) is 0.474. The molecule has 3 rings (SSSR count). The molecule has 1 amide bonds. The van der Waals surface area contributed by atoms with Crippen LogP contribution >= 0.6 is 24.0 Å².